The van der Waals surface area contributed by atoms with Gasteiger partial charge in [-0.25, -0.2) is 0 Å². The van der Waals surface area contributed by atoms with E-state index in [1.54, 1.807) is 17.0 Å². The van der Waals surface area contributed by atoms with Gasteiger partial charge in [-0.05, 0) is 25.1 Å². The summed E-state index contributed by atoms with van der Waals surface area (Å²) in [5.74, 6) is -1.06. The summed E-state index contributed by atoms with van der Waals surface area (Å²) in [6, 6.07) is 4.79. The number of hydrogen-bond donors (Lipinski definition) is 3. The first-order valence-corrected chi connectivity index (χ1v) is 5.18. The average Bonchev–Trinajstić information content (AvgIpc) is 2.25. The lowest BCUT2D eigenvalue weighted by atomic mass is 10.1. The second-order valence-corrected chi connectivity index (χ2v) is 3.62. The van der Waals surface area contributed by atoms with E-state index in [1.807, 2.05) is 6.92 Å². The van der Waals surface area contributed by atoms with Gasteiger partial charge in [-0.15, -0.1) is 0 Å². The van der Waals surface area contributed by atoms with Crippen LogP contribution in [0.15, 0.2) is 18.2 Å². The zero-order valence-electron chi connectivity index (χ0n) is 9.64. The average molecular weight is 236 g/mol. The Morgan fingerprint density at radius 2 is 1.94 bits per heavy atom. The summed E-state index contributed by atoms with van der Waals surface area (Å²) in [5, 5.41) is 0. The smallest absolute Gasteiger partial charge is 0.250 e. The number of primary amides is 2. The van der Waals surface area contributed by atoms with E-state index >= 15 is 0 Å². The van der Waals surface area contributed by atoms with Gasteiger partial charge < -0.3 is 22.1 Å². The van der Waals surface area contributed by atoms with Crippen LogP contribution in [0.25, 0.3) is 0 Å². The molecule has 0 unspecified atom stereocenters. The number of carbonyl (C=O) groups excluding carboxylic acids is 2. The molecule has 0 spiro atoms. The SMILES string of the molecule is CCN(CC(N)=O)c1ccc(N)cc1C(N)=O. The van der Waals surface area contributed by atoms with Crippen LogP contribution < -0.4 is 22.1 Å². The molecule has 0 bridgehead atoms. The maximum absolute atomic E-state index is 11.3. The van der Waals surface area contributed by atoms with Gasteiger partial charge in [0, 0.05) is 12.2 Å². The first kappa shape index (κ1) is 12.8. The van der Waals surface area contributed by atoms with Crippen molar-refractivity contribution in [3.63, 3.8) is 0 Å². The zero-order valence-corrected chi connectivity index (χ0v) is 9.64. The van der Waals surface area contributed by atoms with E-state index in [4.69, 9.17) is 17.2 Å². The third-order valence-corrected chi connectivity index (χ3v) is 2.36. The van der Waals surface area contributed by atoms with Crippen molar-refractivity contribution in [2.24, 2.45) is 11.5 Å². The summed E-state index contributed by atoms with van der Waals surface area (Å²) < 4.78 is 0. The van der Waals surface area contributed by atoms with E-state index < -0.39 is 11.8 Å². The number of likely N-dealkylation sites (N-methyl/N-ethyl adjacent to an activating group) is 1. The molecule has 0 aliphatic heterocycles. The monoisotopic (exact) mass is 236 g/mol. The van der Waals surface area contributed by atoms with Crippen LogP contribution >= 0.6 is 0 Å². The van der Waals surface area contributed by atoms with Gasteiger partial charge in [0.25, 0.3) is 5.91 Å². The van der Waals surface area contributed by atoms with Gasteiger partial charge in [-0.1, -0.05) is 0 Å². The van der Waals surface area contributed by atoms with Gasteiger partial charge in [0.1, 0.15) is 0 Å². The second kappa shape index (κ2) is 5.20. The molecule has 6 N–H and O–H groups in total. The van der Waals surface area contributed by atoms with Crippen molar-refractivity contribution >= 4 is 23.2 Å². The topological polar surface area (TPSA) is 115 Å². The molecule has 0 saturated carbocycles. The summed E-state index contributed by atoms with van der Waals surface area (Å²) in [5.41, 5.74) is 17.3. The van der Waals surface area contributed by atoms with Crippen molar-refractivity contribution in [3.8, 4) is 0 Å². The minimum absolute atomic E-state index is 0.0285. The molecule has 1 rings (SSSR count). The van der Waals surface area contributed by atoms with Gasteiger partial charge in [-0.3, -0.25) is 9.59 Å². The maximum atomic E-state index is 11.3. The Bertz CT molecular complexity index is 445. The third kappa shape index (κ3) is 3.10. The summed E-state index contributed by atoms with van der Waals surface area (Å²) >= 11 is 0. The van der Waals surface area contributed by atoms with Crippen molar-refractivity contribution in [2.45, 2.75) is 6.92 Å². The number of nitrogens with two attached hydrogens (primary N) is 3. The second-order valence-electron chi connectivity index (χ2n) is 3.62. The van der Waals surface area contributed by atoms with E-state index in [1.165, 1.54) is 6.07 Å². The molecule has 0 atom stereocenters. The molecule has 92 valence electrons. The van der Waals surface area contributed by atoms with Crippen molar-refractivity contribution in [3.05, 3.63) is 23.8 Å². The van der Waals surface area contributed by atoms with Crippen molar-refractivity contribution in [1.29, 1.82) is 0 Å². The Morgan fingerprint density at radius 1 is 1.29 bits per heavy atom. The predicted octanol–water partition coefficient (Wildman–Crippen LogP) is -0.321. The van der Waals surface area contributed by atoms with Crippen molar-refractivity contribution in [2.75, 3.05) is 23.7 Å². The lowest BCUT2D eigenvalue weighted by Gasteiger charge is -2.23. The van der Waals surface area contributed by atoms with E-state index in [-0.39, 0.29) is 12.1 Å². The van der Waals surface area contributed by atoms with Gasteiger partial charge >= 0.3 is 0 Å². The minimum atomic E-state index is -0.588. The number of rotatable bonds is 5. The summed E-state index contributed by atoms with van der Waals surface area (Å²) in [4.78, 5) is 23.9. The standard InChI is InChI=1S/C11H16N4O2/c1-2-15(6-10(13)16)9-4-3-7(12)5-8(9)11(14)17/h3-5H,2,6,12H2,1H3,(H2,13,16)(H2,14,17). The van der Waals surface area contributed by atoms with Crippen LogP contribution in [0.3, 0.4) is 0 Å². The maximum Gasteiger partial charge on any atom is 0.250 e. The molecule has 0 fully saturated rings. The molecule has 0 saturated heterocycles. The molecule has 2 amide bonds. The lowest BCUT2D eigenvalue weighted by Crippen LogP contribution is -2.35. The van der Waals surface area contributed by atoms with Crippen LogP contribution in [-0.4, -0.2) is 24.9 Å². The number of amides is 2. The fourth-order valence-electron chi connectivity index (χ4n) is 1.58. The van der Waals surface area contributed by atoms with E-state index in [0.717, 1.165) is 0 Å². The molecule has 1 aromatic rings. The number of anilines is 2. The van der Waals surface area contributed by atoms with Gasteiger partial charge in [0.2, 0.25) is 5.91 Å². The van der Waals surface area contributed by atoms with Crippen LogP contribution in [0.4, 0.5) is 11.4 Å². The largest absolute Gasteiger partial charge is 0.399 e. The molecule has 0 aliphatic carbocycles. The van der Waals surface area contributed by atoms with Crippen LogP contribution in [0.5, 0.6) is 0 Å². The zero-order chi connectivity index (χ0) is 13.0. The molecular weight excluding hydrogens is 220 g/mol. The van der Waals surface area contributed by atoms with Crippen LogP contribution in [-0.2, 0) is 4.79 Å². The number of nitrogen functional groups attached to an aromatic ring is 1. The number of benzene rings is 1. The fourth-order valence-corrected chi connectivity index (χ4v) is 1.58. The molecule has 17 heavy (non-hydrogen) atoms. The normalized spacial score (nSPS) is 9.94. The minimum Gasteiger partial charge on any atom is -0.399 e. The Hall–Kier alpha value is -2.24. The third-order valence-electron chi connectivity index (χ3n) is 2.36. The highest BCUT2D eigenvalue weighted by atomic mass is 16.1. The first-order valence-electron chi connectivity index (χ1n) is 5.18. The summed E-state index contributed by atoms with van der Waals surface area (Å²) in [6.07, 6.45) is 0. The fraction of sp³-hybridized carbons (Fsp3) is 0.273. The quantitative estimate of drug-likeness (QED) is 0.607. The Balaban J connectivity index is 3.18. The Labute approximate surface area is 99.4 Å². The summed E-state index contributed by atoms with van der Waals surface area (Å²) in [7, 11) is 0. The predicted molar refractivity (Wildman–Crippen MR) is 66.5 cm³/mol. The molecular formula is C11H16N4O2. The number of carbonyl (C=O) groups is 2. The highest BCUT2D eigenvalue weighted by Gasteiger charge is 2.15. The van der Waals surface area contributed by atoms with Crippen molar-refractivity contribution < 1.29 is 9.59 Å². The molecule has 0 radical (unpaired) electrons. The van der Waals surface area contributed by atoms with Crippen LogP contribution in [0.1, 0.15) is 17.3 Å². The van der Waals surface area contributed by atoms with E-state index in [2.05, 4.69) is 0 Å². The first-order chi connectivity index (χ1) is 7.95. The van der Waals surface area contributed by atoms with Crippen LogP contribution in [0, 0.1) is 0 Å². The van der Waals surface area contributed by atoms with E-state index in [0.29, 0.717) is 17.9 Å². The highest BCUT2D eigenvalue weighted by molar-refractivity contribution is 6.00. The van der Waals surface area contributed by atoms with Gasteiger partial charge in [0.15, 0.2) is 0 Å². The number of nitrogens with zero attached hydrogens (tertiary/aromatic N) is 1. The van der Waals surface area contributed by atoms with Gasteiger partial charge in [0.05, 0.1) is 17.8 Å². The lowest BCUT2D eigenvalue weighted by molar-refractivity contribution is -0.116. The molecule has 0 aromatic heterocycles. The molecule has 6 heteroatoms. The molecule has 6 nitrogen and oxygen atoms in total. The molecule has 0 aliphatic rings. The Kier molecular flexibility index (Phi) is 3.92. The Morgan fingerprint density at radius 3 is 2.41 bits per heavy atom. The summed E-state index contributed by atoms with van der Waals surface area (Å²) in [6.45, 7) is 2.41. The molecule has 1 aromatic carbocycles. The van der Waals surface area contributed by atoms with E-state index in [9.17, 15) is 9.59 Å². The van der Waals surface area contributed by atoms with Crippen molar-refractivity contribution in [1.82, 2.24) is 0 Å². The number of hydrogen-bond acceptors (Lipinski definition) is 4. The van der Waals surface area contributed by atoms with Gasteiger partial charge in [-0.2, -0.15) is 0 Å². The molecule has 0 heterocycles. The van der Waals surface area contributed by atoms with Crippen LogP contribution in [0.2, 0.25) is 0 Å². The highest BCUT2D eigenvalue weighted by Crippen LogP contribution is 2.22.